The fraction of sp³-hybridized carbons (Fsp3) is 1.00. The summed E-state index contributed by atoms with van der Waals surface area (Å²) in [4.78, 5) is 0. The van der Waals surface area contributed by atoms with Crippen molar-refractivity contribution in [3.8, 4) is 0 Å². The van der Waals surface area contributed by atoms with E-state index >= 15 is 0 Å². The van der Waals surface area contributed by atoms with Crippen molar-refractivity contribution in [2.24, 2.45) is 0 Å². The Morgan fingerprint density at radius 1 is 1.30 bits per heavy atom. The highest BCUT2D eigenvalue weighted by Gasteiger charge is 1.92. The van der Waals surface area contributed by atoms with Crippen LogP contribution in [0.1, 0.15) is 27.2 Å². The third-order valence-corrected chi connectivity index (χ3v) is 2.10. The topological polar surface area (TPSA) is 9.23 Å². The third kappa shape index (κ3) is 8.31. The van der Waals surface area contributed by atoms with Gasteiger partial charge in [0.1, 0.15) is 0 Å². The lowest BCUT2D eigenvalue weighted by Crippen LogP contribution is -2.00. The van der Waals surface area contributed by atoms with Gasteiger partial charge in [-0.25, -0.2) is 0 Å². The van der Waals surface area contributed by atoms with Crippen LogP contribution in [-0.2, 0) is 4.74 Å². The van der Waals surface area contributed by atoms with E-state index in [1.165, 1.54) is 0 Å². The van der Waals surface area contributed by atoms with Crippen molar-refractivity contribution < 1.29 is 4.74 Å². The van der Waals surface area contributed by atoms with Crippen LogP contribution in [0.25, 0.3) is 0 Å². The molecule has 0 fully saturated rings. The molecule has 0 aromatic rings. The van der Waals surface area contributed by atoms with Gasteiger partial charge in [-0.2, -0.15) is 11.8 Å². The molecule has 10 heavy (non-hydrogen) atoms. The van der Waals surface area contributed by atoms with Crippen LogP contribution in [-0.4, -0.2) is 24.2 Å². The van der Waals surface area contributed by atoms with Gasteiger partial charge in [0, 0.05) is 12.4 Å². The summed E-state index contributed by atoms with van der Waals surface area (Å²) < 4.78 is 5.31. The van der Waals surface area contributed by atoms with Crippen LogP contribution in [0.4, 0.5) is 0 Å². The summed E-state index contributed by atoms with van der Waals surface area (Å²) in [5.74, 6) is 1.14. The van der Waals surface area contributed by atoms with E-state index in [9.17, 15) is 0 Å². The highest BCUT2D eigenvalue weighted by Crippen LogP contribution is 2.07. The van der Waals surface area contributed by atoms with Crippen molar-refractivity contribution in [1.29, 1.82) is 0 Å². The summed E-state index contributed by atoms with van der Waals surface area (Å²) >= 11 is 1.96. The number of ether oxygens (including phenoxy) is 1. The predicted octanol–water partition coefficient (Wildman–Crippen LogP) is 2.55. The van der Waals surface area contributed by atoms with Gasteiger partial charge < -0.3 is 4.74 Å². The van der Waals surface area contributed by atoms with Gasteiger partial charge in [0.05, 0.1) is 6.61 Å². The van der Waals surface area contributed by atoms with E-state index in [0.29, 0.717) is 0 Å². The molecular weight excluding hydrogens is 144 g/mol. The molecule has 0 saturated carbocycles. The Labute approximate surface area is 68.5 Å². The standard InChI is InChI=1S/C8H18OS/c1-4-5-9-6-7-10-8(2)3/h8H,4-7H2,1-3H3. The van der Waals surface area contributed by atoms with Crippen LogP contribution in [0.5, 0.6) is 0 Å². The van der Waals surface area contributed by atoms with Crippen LogP contribution in [0.2, 0.25) is 0 Å². The highest BCUT2D eigenvalue weighted by molar-refractivity contribution is 7.99. The van der Waals surface area contributed by atoms with Crippen LogP contribution in [0, 0.1) is 0 Å². The Morgan fingerprint density at radius 2 is 2.00 bits per heavy atom. The SMILES string of the molecule is CCCOCCSC(C)C. The molecule has 0 saturated heterocycles. The Kier molecular flexibility index (Phi) is 7.65. The molecule has 2 heteroatoms. The number of thioether (sulfide) groups is 1. The van der Waals surface area contributed by atoms with E-state index in [1.807, 2.05) is 11.8 Å². The quantitative estimate of drug-likeness (QED) is 0.555. The molecule has 0 aromatic heterocycles. The maximum absolute atomic E-state index is 5.31. The van der Waals surface area contributed by atoms with Gasteiger partial charge >= 0.3 is 0 Å². The maximum Gasteiger partial charge on any atom is 0.0556 e. The monoisotopic (exact) mass is 162 g/mol. The number of rotatable bonds is 6. The van der Waals surface area contributed by atoms with Gasteiger partial charge in [-0.05, 0) is 11.7 Å². The summed E-state index contributed by atoms with van der Waals surface area (Å²) in [6.45, 7) is 8.39. The highest BCUT2D eigenvalue weighted by atomic mass is 32.2. The van der Waals surface area contributed by atoms with Gasteiger partial charge in [-0.1, -0.05) is 20.8 Å². The Hall–Kier alpha value is 0.310. The number of hydrogen-bond donors (Lipinski definition) is 0. The van der Waals surface area contributed by atoms with Gasteiger partial charge in [0.15, 0.2) is 0 Å². The minimum Gasteiger partial charge on any atom is -0.381 e. The molecule has 0 heterocycles. The molecule has 0 atom stereocenters. The van der Waals surface area contributed by atoms with Gasteiger partial charge in [0.25, 0.3) is 0 Å². The molecule has 62 valence electrons. The summed E-state index contributed by atoms with van der Waals surface area (Å²) in [5.41, 5.74) is 0. The molecule has 0 bridgehead atoms. The first-order valence-corrected chi connectivity index (χ1v) is 5.01. The van der Waals surface area contributed by atoms with E-state index < -0.39 is 0 Å². The fourth-order valence-corrected chi connectivity index (χ4v) is 1.27. The lowest BCUT2D eigenvalue weighted by atomic mass is 10.5. The van der Waals surface area contributed by atoms with Gasteiger partial charge in [-0.15, -0.1) is 0 Å². The smallest absolute Gasteiger partial charge is 0.0556 e. The zero-order valence-corrected chi connectivity index (χ0v) is 8.04. The average molecular weight is 162 g/mol. The molecule has 0 aliphatic rings. The van der Waals surface area contributed by atoms with Crippen molar-refractivity contribution in [2.75, 3.05) is 19.0 Å². The Bertz CT molecular complexity index is 64.3. The minimum absolute atomic E-state index is 0.741. The van der Waals surface area contributed by atoms with E-state index in [0.717, 1.165) is 30.6 Å². The minimum atomic E-state index is 0.741. The summed E-state index contributed by atoms with van der Waals surface area (Å²) in [7, 11) is 0. The fourth-order valence-electron chi connectivity index (χ4n) is 0.589. The average Bonchev–Trinajstić information content (AvgIpc) is 1.87. The molecular formula is C8H18OS. The molecule has 0 amide bonds. The molecule has 0 spiro atoms. The Balaban J connectivity index is 2.77. The molecule has 0 unspecified atom stereocenters. The van der Waals surface area contributed by atoms with Crippen molar-refractivity contribution in [2.45, 2.75) is 32.4 Å². The van der Waals surface area contributed by atoms with E-state index in [-0.39, 0.29) is 0 Å². The van der Waals surface area contributed by atoms with Crippen molar-refractivity contribution in [1.82, 2.24) is 0 Å². The molecule has 0 aliphatic carbocycles. The lowest BCUT2D eigenvalue weighted by Gasteiger charge is -2.04. The second-order valence-corrected chi connectivity index (χ2v) is 4.22. The molecule has 0 aliphatic heterocycles. The van der Waals surface area contributed by atoms with Crippen LogP contribution < -0.4 is 0 Å². The second kappa shape index (κ2) is 7.42. The van der Waals surface area contributed by atoms with E-state index in [1.54, 1.807) is 0 Å². The molecule has 0 N–H and O–H groups in total. The number of hydrogen-bond acceptors (Lipinski definition) is 2. The van der Waals surface area contributed by atoms with Crippen LogP contribution in [0.15, 0.2) is 0 Å². The molecule has 1 nitrogen and oxygen atoms in total. The van der Waals surface area contributed by atoms with Crippen molar-refractivity contribution in [3.63, 3.8) is 0 Å². The zero-order chi connectivity index (χ0) is 7.82. The van der Waals surface area contributed by atoms with Crippen molar-refractivity contribution >= 4 is 11.8 Å². The van der Waals surface area contributed by atoms with E-state index in [4.69, 9.17) is 4.74 Å². The first-order chi connectivity index (χ1) is 4.77. The predicted molar refractivity (Wildman–Crippen MR) is 48.7 cm³/mol. The zero-order valence-electron chi connectivity index (χ0n) is 7.22. The molecule has 0 radical (unpaired) electrons. The molecule has 0 rings (SSSR count). The van der Waals surface area contributed by atoms with Crippen molar-refractivity contribution in [3.05, 3.63) is 0 Å². The van der Waals surface area contributed by atoms with E-state index in [2.05, 4.69) is 20.8 Å². The van der Waals surface area contributed by atoms with Gasteiger partial charge in [-0.3, -0.25) is 0 Å². The third-order valence-electron chi connectivity index (χ3n) is 1.03. The lowest BCUT2D eigenvalue weighted by molar-refractivity contribution is 0.151. The second-order valence-electron chi connectivity index (χ2n) is 2.53. The Morgan fingerprint density at radius 3 is 2.50 bits per heavy atom. The first-order valence-electron chi connectivity index (χ1n) is 3.96. The summed E-state index contributed by atoms with van der Waals surface area (Å²) in [6.07, 6.45) is 1.13. The largest absolute Gasteiger partial charge is 0.381 e. The van der Waals surface area contributed by atoms with Crippen LogP contribution in [0.3, 0.4) is 0 Å². The normalized spacial score (nSPS) is 10.8. The first kappa shape index (κ1) is 10.3. The van der Waals surface area contributed by atoms with Crippen LogP contribution >= 0.6 is 11.8 Å². The molecule has 0 aromatic carbocycles. The van der Waals surface area contributed by atoms with Gasteiger partial charge in [0.2, 0.25) is 0 Å². The summed E-state index contributed by atoms with van der Waals surface area (Å²) in [5, 5.41) is 0.741. The summed E-state index contributed by atoms with van der Waals surface area (Å²) in [6, 6.07) is 0. The maximum atomic E-state index is 5.31.